The summed E-state index contributed by atoms with van der Waals surface area (Å²) in [6.07, 6.45) is 5.72. The molecule has 0 atom stereocenters. The van der Waals surface area contributed by atoms with Crippen LogP contribution in [-0.2, 0) is 6.42 Å². The van der Waals surface area contributed by atoms with Crippen LogP contribution in [0.4, 0.5) is 0 Å². The van der Waals surface area contributed by atoms with Crippen molar-refractivity contribution in [1.82, 2.24) is 10.2 Å². The van der Waals surface area contributed by atoms with Gasteiger partial charge in [0.1, 0.15) is 0 Å². The summed E-state index contributed by atoms with van der Waals surface area (Å²) in [5, 5.41) is 5.53. The van der Waals surface area contributed by atoms with Gasteiger partial charge < -0.3 is 10.2 Å². The SMILES string of the molecule is O=C(NC1CCN(CCCCc2ccccc2)CC1)c1ccc2ccccc2c1. The van der Waals surface area contributed by atoms with E-state index >= 15 is 0 Å². The summed E-state index contributed by atoms with van der Waals surface area (Å²) in [6.45, 7) is 3.32. The number of benzene rings is 3. The number of rotatable bonds is 7. The molecule has 1 fully saturated rings. The summed E-state index contributed by atoms with van der Waals surface area (Å²) in [5.41, 5.74) is 2.19. The fourth-order valence-electron chi connectivity index (χ4n) is 4.21. The molecule has 0 bridgehead atoms. The van der Waals surface area contributed by atoms with E-state index in [2.05, 4.69) is 52.7 Å². The van der Waals surface area contributed by atoms with Crippen molar-refractivity contribution in [2.24, 2.45) is 0 Å². The molecular formula is C26H30N2O. The molecule has 29 heavy (non-hydrogen) atoms. The van der Waals surface area contributed by atoms with Gasteiger partial charge in [0, 0.05) is 24.7 Å². The second kappa shape index (κ2) is 9.71. The van der Waals surface area contributed by atoms with Crippen LogP contribution in [0.5, 0.6) is 0 Å². The predicted octanol–water partition coefficient (Wildman–Crippen LogP) is 5.06. The van der Waals surface area contributed by atoms with Gasteiger partial charge in [-0.2, -0.15) is 0 Å². The van der Waals surface area contributed by atoms with Crippen molar-refractivity contribution in [2.75, 3.05) is 19.6 Å². The molecule has 1 heterocycles. The highest BCUT2D eigenvalue weighted by Gasteiger charge is 2.20. The van der Waals surface area contributed by atoms with Gasteiger partial charge in [-0.15, -0.1) is 0 Å². The molecule has 150 valence electrons. The Morgan fingerprint density at radius 3 is 2.38 bits per heavy atom. The van der Waals surface area contributed by atoms with E-state index in [1.54, 1.807) is 0 Å². The number of carbonyl (C=O) groups excluding carboxylic acids is 1. The lowest BCUT2D eigenvalue weighted by molar-refractivity contribution is 0.0911. The Hall–Kier alpha value is -2.65. The standard InChI is InChI=1S/C26H30N2O/c29-26(24-14-13-22-11-4-5-12-23(22)20-24)27-25-15-18-28(19-16-25)17-7-6-10-21-8-2-1-3-9-21/h1-5,8-9,11-14,20,25H,6-7,10,15-19H2,(H,27,29). The highest BCUT2D eigenvalue weighted by Crippen LogP contribution is 2.17. The lowest BCUT2D eigenvalue weighted by Crippen LogP contribution is -2.44. The van der Waals surface area contributed by atoms with Crippen molar-refractivity contribution in [3.63, 3.8) is 0 Å². The fraction of sp³-hybridized carbons (Fsp3) is 0.346. The van der Waals surface area contributed by atoms with Gasteiger partial charge in [0.2, 0.25) is 0 Å². The molecule has 0 aliphatic carbocycles. The van der Waals surface area contributed by atoms with Crippen LogP contribution < -0.4 is 5.32 Å². The maximum Gasteiger partial charge on any atom is 0.251 e. The molecule has 3 heteroatoms. The third-order valence-electron chi connectivity index (χ3n) is 5.97. The van der Waals surface area contributed by atoms with E-state index in [0.29, 0.717) is 0 Å². The van der Waals surface area contributed by atoms with Crippen LogP contribution in [0.15, 0.2) is 72.8 Å². The van der Waals surface area contributed by atoms with Crippen LogP contribution in [0.1, 0.15) is 41.6 Å². The zero-order chi connectivity index (χ0) is 19.9. The summed E-state index contributed by atoms with van der Waals surface area (Å²) in [6, 6.07) is 25.1. The van der Waals surface area contributed by atoms with Crippen LogP contribution in [0.25, 0.3) is 10.8 Å². The topological polar surface area (TPSA) is 32.3 Å². The molecule has 0 saturated carbocycles. The maximum absolute atomic E-state index is 12.7. The number of amides is 1. The Morgan fingerprint density at radius 1 is 0.862 bits per heavy atom. The Labute approximate surface area is 173 Å². The van der Waals surface area contributed by atoms with E-state index < -0.39 is 0 Å². The van der Waals surface area contributed by atoms with Gasteiger partial charge in [-0.05, 0) is 67.1 Å². The maximum atomic E-state index is 12.7. The molecule has 1 aliphatic heterocycles. The van der Waals surface area contributed by atoms with Crippen molar-refractivity contribution in [2.45, 2.75) is 38.1 Å². The molecule has 3 aromatic rings. The third-order valence-corrected chi connectivity index (χ3v) is 5.97. The van der Waals surface area contributed by atoms with E-state index in [4.69, 9.17) is 0 Å². The second-order valence-corrected chi connectivity index (χ2v) is 8.09. The highest BCUT2D eigenvalue weighted by molar-refractivity contribution is 5.98. The summed E-state index contributed by atoms with van der Waals surface area (Å²) in [5.74, 6) is 0.0528. The molecule has 0 spiro atoms. The Balaban J connectivity index is 1.18. The average molecular weight is 387 g/mol. The summed E-state index contributed by atoms with van der Waals surface area (Å²) in [7, 11) is 0. The minimum Gasteiger partial charge on any atom is -0.349 e. The van der Waals surface area contributed by atoms with Crippen molar-refractivity contribution in [3.05, 3.63) is 83.9 Å². The van der Waals surface area contributed by atoms with Crippen LogP contribution >= 0.6 is 0 Å². The van der Waals surface area contributed by atoms with E-state index in [1.807, 2.05) is 30.3 Å². The summed E-state index contributed by atoms with van der Waals surface area (Å²) >= 11 is 0. The van der Waals surface area contributed by atoms with Crippen molar-refractivity contribution >= 4 is 16.7 Å². The van der Waals surface area contributed by atoms with E-state index in [-0.39, 0.29) is 11.9 Å². The van der Waals surface area contributed by atoms with Gasteiger partial charge in [-0.25, -0.2) is 0 Å². The zero-order valence-corrected chi connectivity index (χ0v) is 17.0. The average Bonchev–Trinajstić information content (AvgIpc) is 2.78. The number of likely N-dealkylation sites (tertiary alicyclic amines) is 1. The van der Waals surface area contributed by atoms with E-state index in [1.165, 1.54) is 30.2 Å². The normalized spacial score (nSPS) is 15.4. The zero-order valence-electron chi connectivity index (χ0n) is 17.0. The van der Waals surface area contributed by atoms with Crippen LogP contribution in [0.3, 0.4) is 0 Å². The smallest absolute Gasteiger partial charge is 0.251 e. The number of piperidine rings is 1. The molecule has 1 saturated heterocycles. The monoisotopic (exact) mass is 386 g/mol. The van der Waals surface area contributed by atoms with E-state index in [9.17, 15) is 4.79 Å². The molecule has 1 aliphatic rings. The number of nitrogens with zero attached hydrogens (tertiary/aromatic N) is 1. The lowest BCUT2D eigenvalue weighted by Gasteiger charge is -2.32. The summed E-state index contributed by atoms with van der Waals surface area (Å²) in [4.78, 5) is 15.2. The van der Waals surface area contributed by atoms with Gasteiger partial charge in [0.25, 0.3) is 5.91 Å². The minimum atomic E-state index is 0.0528. The number of carbonyl (C=O) groups is 1. The molecule has 0 unspecified atom stereocenters. The van der Waals surface area contributed by atoms with Crippen LogP contribution in [0.2, 0.25) is 0 Å². The van der Waals surface area contributed by atoms with E-state index in [0.717, 1.165) is 43.4 Å². The quantitative estimate of drug-likeness (QED) is 0.576. The van der Waals surface area contributed by atoms with Crippen molar-refractivity contribution < 1.29 is 4.79 Å². The van der Waals surface area contributed by atoms with Crippen molar-refractivity contribution in [1.29, 1.82) is 0 Å². The number of hydrogen-bond acceptors (Lipinski definition) is 2. The van der Waals surface area contributed by atoms with Gasteiger partial charge >= 0.3 is 0 Å². The molecule has 3 nitrogen and oxygen atoms in total. The van der Waals surface area contributed by atoms with Crippen LogP contribution in [-0.4, -0.2) is 36.5 Å². The van der Waals surface area contributed by atoms with Crippen LogP contribution in [0, 0.1) is 0 Å². The number of unbranched alkanes of at least 4 members (excludes halogenated alkanes) is 1. The molecule has 1 amide bonds. The molecule has 1 N–H and O–H groups in total. The molecule has 0 radical (unpaired) electrons. The number of nitrogens with one attached hydrogen (secondary N) is 1. The molecule has 3 aromatic carbocycles. The molecule has 0 aromatic heterocycles. The van der Waals surface area contributed by atoms with Gasteiger partial charge in [0.05, 0.1) is 0 Å². The van der Waals surface area contributed by atoms with Gasteiger partial charge in [0.15, 0.2) is 0 Å². The predicted molar refractivity (Wildman–Crippen MR) is 120 cm³/mol. The lowest BCUT2D eigenvalue weighted by atomic mass is 10.0. The number of aryl methyl sites for hydroxylation is 1. The first-order valence-corrected chi connectivity index (χ1v) is 10.8. The van der Waals surface area contributed by atoms with Gasteiger partial charge in [-0.3, -0.25) is 4.79 Å². The molecule has 4 rings (SSSR count). The Morgan fingerprint density at radius 2 is 1.59 bits per heavy atom. The first-order valence-electron chi connectivity index (χ1n) is 10.8. The Bertz CT molecular complexity index is 930. The third kappa shape index (κ3) is 5.45. The number of hydrogen-bond donors (Lipinski definition) is 1. The Kier molecular flexibility index (Phi) is 6.58. The first kappa shape index (κ1) is 19.7. The highest BCUT2D eigenvalue weighted by atomic mass is 16.1. The number of fused-ring (bicyclic) bond motifs is 1. The first-order chi connectivity index (χ1) is 14.3. The second-order valence-electron chi connectivity index (χ2n) is 8.09. The van der Waals surface area contributed by atoms with Gasteiger partial charge in [-0.1, -0.05) is 60.7 Å². The minimum absolute atomic E-state index is 0.0528. The molecular weight excluding hydrogens is 356 g/mol. The summed E-state index contributed by atoms with van der Waals surface area (Å²) < 4.78 is 0. The largest absolute Gasteiger partial charge is 0.349 e. The van der Waals surface area contributed by atoms with Crippen molar-refractivity contribution in [3.8, 4) is 0 Å². The fourth-order valence-corrected chi connectivity index (χ4v) is 4.21.